The maximum absolute atomic E-state index is 5.34. The second-order valence-corrected chi connectivity index (χ2v) is 4.04. The van der Waals surface area contributed by atoms with Crippen molar-refractivity contribution in [2.45, 2.75) is 45.4 Å². The van der Waals surface area contributed by atoms with E-state index in [0.29, 0.717) is 0 Å². The minimum atomic E-state index is 0. The average Bonchev–Trinajstić information content (AvgIpc) is 2.40. The van der Waals surface area contributed by atoms with Gasteiger partial charge in [0.25, 0.3) is 0 Å². The summed E-state index contributed by atoms with van der Waals surface area (Å²) in [6, 6.07) is 3.82. The zero-order valence-corrected chi connectivity index (χ0v) is 13.2. The van der Waals surface area contributed by atoms with Crippen LogP contribution in [-0.4, -0.2) is 11.5 Å². The third-order valence-electron chi connectivity index (χ3n) is 2.50. The van der Waals surface area contributed by atoms with Gasteiger partial charge in [0.1, 0.15) is 0 Å². The van der Waals surface area contributed by atoms with Gasteiger partial charge in [-0.1, -0.05) is 51.7 Å². The van der Waals surface area contributed by atoms with E-state index >= 15 is 0 Å². The van der Waals surface area contributed by atoms with Crippen LogP contribution in [0.1, 0.15) is 51.0 Å². The van der Waals surface area contributed by atoms with E-state index in [2.05, 4.69) is 18.5 Å². The van der Waals surface area contributed by atoms with Crippen molar-refractivity contribution in [3.63, 3.8) is 0 Å². The highest BCUT2D eigenvalue weighted by molar-refractivity contribution is 8.93. The van der Waals surface area contributed by atoms with Crippen LogP contribution < -0.4 is 5.73 Å². The summed E-state index contributed by atoms with van der Waals surface area (Å²) in [4.78, 5) is 3.85. The van der Waals surface area contributed by atoms with Gasteiger partial charge in [0, 0.05) is 12.4 Å². The largest absolute Gasteiger partial charge is 0.330 e. The van der Waals surface area contributed by atoms with E-state index in [1.165, 1.54) is 38.5 Å². The van der Waals surface area contributed by atoms with Crippen LogP contribution in [0.25, 0.3) is 6.08 Å². The van der Waals surface area contributed by atoms with Crippen molar-refractivity contribution in [2.75, 3.05) is 6.54 Å². The number of pyridine rings is 1. The Labute approximate surface area is 122 Å². The molecule has 2 N–H and O–H groups in total. The van der Waals surface area contributed by atoms with Gasteiger partial charge >= 0.3 is 0 Å². The zero-order valence-electron chi connectivity index (χ0n) is 11.5. The van der Waals surface area contributed by atoms with Crippen LogP contribution >= 0.6 is 17.0 Å². The van der Waals surface area contributed by atoms with Gasteiger partial charge in [0.2, 0.25) is 0 Å². The lowest BCUT2D eigenvalue weighted by atomic mass is 10.1. The molecule has 0 fully saturated rings. The molecule has 1 aromatic heterocycles. The lowest BCUT2D eigenvalue weighted by molar-refractivity contribution is 0.612. The minimum Gasteiger partial charge on any atom is -0.330 e. The summed E-state index contributed by atoms with van der Waals surface area (Å²) in [6.07, 6.45) is 13.3. The SMILES string of the molecule is Br.C=Cc1ccncc1.CCCCCCCCN. The van der Waals surface area contributed by atoms with Gasteiger partial charge in [-0.2, -0.15) is 0 Å². The van der Waals surface area contributed by atoms with Gasteiger partial charge in [0.05, 0.1) is 0 Å². The summed E-state index contributed by atoms with van der Waals surface area (Å²) in [5.41, 5.74) is 6.45. The third-order valence-corrected chi connectivity index (χ3v) is 2.50. The van der Waals surface area contributed by atoms with E-state index in [1.54, 1.807) is 18.5 Å². The second kappa shape index (κ2) is 16.3. The van der Waals surface area contributed by atoms with E-state index in [-0.39, 0.29) is 17.0 Å². The average molecular weight is 315 g/mol. The molecule has 0 bridgehead atoms. The molecule has 18 heavy (non-hydrogen) atoms. The van der Waals surface area contributed by atoms with Crippen molar-refractivity contribution in [3.05, 3.63) is 36.7 Å². The quantitative estimate of drug-likeness (QED) is 0.746. The van der Waals surface area contributed by atoms with Gasteiger partial charge in [-0.15, -0.1) is 17.0 Å². The molecule has 1 rings (SSSR count). The highest BCUT2D eigenvalue weighted by atomic mass is 79.9. The molecule has 0 saturated heterocycles. The first-order chi connectivity index (χ1) is 8.35. The summed E-state index contributed by atoms with van der Waals surface area (Å²) in [6.45, 7) is 6.71. The number of hydrogen-bond donors (Lipinski definition) is 1. The molecule has 0 aromatic carbocycles. The molecular formula is C15H27BrN2. The van der Waals surface area contributed by atoms with Crippen LogP contribution in [0.3, 0.4) is 0 Å². The lowest BCUT2D eigenvalue weighted by Gasteiger charge is -1.96. The molecular weight excluding hydrogens is 288 g/mol. The Morgan fingerprint density at radius 1 is 1.11 bits per heavy atom. The van der Waals surface area contributed by atoms with E-state index in [1.807, 2.05) is 12.1 Å². The molecule has 0 spiro atoms. The van der Waals surface area contributed by atoms with Crippen LogP contribution in [0.15, 0.2) is 31.1 Å². The number of aromatic nitrogens is 1. The van der Waals surface area contributed by atoms with Gasteiger partial charge in [0.15, 0.2) is 0 Å². The van der Waals surface area contributed by atoms with Crippen molar-refractivity contribution < 1.29 is 0 Å². The van der Waals surface area contributed by atoms with Crippen molar-refractivity contribution >= 4 is 23.1 Å². The molecule has 0 aliphatic rings. The normalized spacial score (nSPS) is 8.78. The molecule has 0 radical (unpaired) electrons. The Morgan fingerprint density at radius 2 is 1.67 bits per heavy atom. The molecule has 0 amide bonds. The van der Waals surface area contributed by atoms with E-state index in [4.69, 9.17) is 5.73 Å². The van der Waals surface area contributed by atoms with Crippen LogP contribution in [0.2, 0.25) is 0 Å². The Morgan fingerprint density at radius 3 is 2.11 bits per heavy atom. The summed E-state index contributed by atoms with van der Waals surface area (Å²) in [7, 11) is 0. The smallest absolute Gasteiger partial charge is 0.0273 e. The number of nitrogens with two attached hydrogens (primary N) is 1. The summed E-state index contributed by atoms with van der Waals surface area (Å²) in [5.74, 6) is 0. The Bertz CT molecular complexity index is 256. The standard InChI is InChI=1S/C8H19N.C7H7N.BrH/c1-2-3-4-5-6-7-8-9;1-2-7-3-5-8-6-4-7;/h2-9H2,1H3;2-6H,1H2;1H. The zero-order chi connectivity index (χ0) is 12.8. The van der Waals surface area contributed by atoms with Crippen molar-refractivity contribution in [3.8, 4) is 0 Å². The fraction of sp³-hybridized carbons (Fsp3) is 0.533. The van der Waals surface area contributed by atoms with Gasteiger partial charge in [-0.05, 0) is 30.7 Å². The van der Waals surface area contributed by atoms with E-state index in [9.17, 15) is 0 Å². The third kappa shape index (κ3) is 13.4. The van der Waals surface area contributed by atoms with Gasteiger partial charge in [-0.25, -0.2) is 0 Å². The molecule has 2 nitrogen and oxygen atoms in total. The number of rotatable bonds is 7. The maximum Gasteiger partial charge on any atom is 0.0273 e. The number of hydrogen-bond acceptors (Lipinski definition) is 2. The summed E-state index contributed by atoms with van der Waals surface area (Å²) in [5, 5.41) is 0. The molecule has 0 aliphatic heterocycles. The molecule has 3 heteroatoms. The number of halogens is 1. The first-order valence-corrected chi connectivity index (χ1v) is 6.57. The predicted molar refractivity (Wildman–Crippen MR) is 87.1 cm³/mol. The van der Waals surface area contributed by atoms with Crippen LogP contribution in [0, 0.1) is 0 Å². The first kappa shape index (κ1) is 19.7. The molecule has 0 saturated carbocycles. The topological polar surface area (TPSA) is 38.9 Å². The summed E-state index contributed by atoms with van der Waals surface area (Å²) < 4.78 is 0. The monoisotopic (exact) mass is 314 g/mol. The predicted octanol–water partition coefficient (Wildman–Crippen LogP) is 4.61. The van der Waals surface area contributed by atoms with Crippen molar-refractivity contribution in [1.29, 1.82) is 0 Å². The molecule has 1 heterocycles. The highest BCUT2D eigenvalue weighted by Gasteiger charge is 1.85. The molecule has 0 aliphatic carbocycles. The Balaban J connectivity index is 0. The molecule has 0 atom stereocenters. The van der Waals surface area contributed by atoms with E-state index < -0.39 is 0 Å². The number of nitrogens with zero attached hydrogens (tertiary/aromatic N) is 1. The second-order valence-electron chi connectivity index (χ2n) is 4.04. The fourth-order valence-electron chi connectivity index (χ4n) is 1.42. The molecule has 1 aromatic rings. The van der Waals surface area contributed by atoms with Crippen molar-refractivity contribution in [2.24, 2.45) is 5.73 Å². The fourth-order valence-corrected chi connectivity index (χ4v) is 1.42. The van der Waals surface area contributed by atoms with Crippen molar-refractivity contribution in [1.82, 2.24) is 4.98 Å². The van der Waals surface area contributed by atoms with E-state index in [0.717, 1.165) is 12.1 Å². The van der Waals surface area contributed by atoms with Crippen LogP contribution in [0.4, 0.5) is 0 Å². The first-order valence-electron chi connectivity index (χ1n) is 6.57. The van der Waals surface area contributed by atoms with Gasteiger partial charge in [-0.3, -0.25) is 4.98 Å². The maximum atomic E-state index is 5.34. The van der Waals surface area contributed by atoms with Crippen LogP contribution in [0.5, 0.6) is 0 Å². The highest BCUT2D eigenvalue weighted by Crippen LogP contribution is 2.03. The van der Waals surface area contributed by atoms with Crippen LogP contribution in [-0.2, 0) is 0 Å². The molecule has 0 unspecified atom stereocenters. The van der Waals surface area contributed by atoms with Gasteiger partial charge < -0.3 is 5.73 Å². The number of unbranched alkanes of at least 4 members (excludes halogenated alkanes) is 5. The minimum absolute atomic E-state index is 0. The summed E-state index contributed by atoms with van der Waals surface area (Å²) >= 11 is 0. The lowest BCUT2D eigenvalue weighted by Crippen LogP contribution is -1.97. The molecule has 104 valence electrons. The Kier molecular flexibility index (Phi) is 17.8. The Hall–Kier alpha value is -0.670.